The van der Waals surface area contributed by atoms with E-state index in [4.69, 9.17) is 34.8 Å². The molecule has 0 saturated carbocycles. The SMILES string of the molecule is C=Cc1c(F)c(F)c(CCC(Cl)(Cl)Cl)c(F)c1F. The number of hydrogen-bond donors (Lipinski definition) is 0. The molecule has 0 N–H and O–H groups in total. The summed E-state index contributed by atoms with van der Waals surface area (Å²) in [5, 5.41) is 0. The predicted molar refractivity (Wildman–Crippen MR) is 65.0 cm³/mol. The van der Waals surface area contributed by atoms with Crippen molar-refractivity contribution in [1.82, 2.24) is 0 Å². The number of hydrogen-bond acceptors (Lipinski definition) is 0. The molecule has 0 aliphatic rings. The van der Waals surface area contributed by atoms with Gasteiger partial charge in [-0.25, -0.2) is 17.6 Å². The molecule has 0 heterocycles. The second-order valence-corrected chi connectivity index (χ2v) is 5.98. The van der Waals surface area contributed by atoms with Gasteiger partial charge in [-0.15, -0.1) is 0 Å². The highest BCUT2D eigenvalue weighted by Crippen LogP contribution is 2.33. The molecule has 0 aromatic heterocycles. The van der Waals surface area contributed by atoms with Crippen molar-refractivity contribution in [3.8, 4) is 0 Å². The zero-order valence-electron chi connectivity index (χ0n) is 8.84. The van der Waals surface area contributed by atoms with Crippen molar-refractivity contribution < 1.29 is 17.6 Å². The predicted octanol–water partition coefficient (Wildman–Crippen LogP) is 5.19. The summed E-state index contributed by atoms with van der Waals surface area (Å²) < 4.78 is 52.0. The van der Waals surface area contributed by atoms with Crippen molar-refractivity contribution in [2.45, 2.75) is 16.6 Å². The third-order valence-electron chi connectivity index (χ3n) is 2.25. The Morgan fingerprint density at radius 2 is 1.39 bits per heavy atom. The summed E-state index contributed by atoms with van der Waals surface area (Å²) in [5.74, 6) is -6.03. The van der Waals surface area contributed by atoms with Gasteiger partial charge in [-0.05, 0) is 12.8 Å². The maximum atomic E-state index is 13.5. The molecule has 0 fully saturated rings. The van der Waals surface area contributed by atoms with Crippen molar-refractivity contribution in [3.63, 3.8) is 0 Å². The summed E-state index contributed by atoms with van der Waals surface area (Å²) in [6.45, 7) is 3.07. The lowest BCUT2D eigenvalue weighted by molar-refractivity contribution is 0.435. The fourth-order valence-corrected chi connectivity index (χ4v) is 1.64. The van der Waals surface area contributed by atoms with Gasteiger partial charge in [0.25, 0.3) is 0 Å². The van der Waals surface area contributed by atoms with Crippen LogP contribution in [0.2, 0.25) is 0 Å². The first-order valence-corrected chi connectivity index (χ1v) is 5.86. The molecule has 0 radical (unpaired) electrons. The first kappa shape index (κ1) is 15.6. The maximum Gasteiger partial charge on any atom is 0.190 e. The van der Waals surface area contributed by atoms with Gasteiger partial charge in [0.15, 0.2) is 27.1 Å². The third-order valence-corrected chi connectivity index (χ3v) is 2.82. The number of benzene rings is 1. The van der Waals surface area contributed by atoms with E-state index in [1.807, 2.05) is 0 Å². The Bertz CT molecular complexity index is 451. The van der Waals surface area contributed by atoms with Crippen LogP contribution in [0.1, 0.15) is 17.5 Å². The van der Waals surface area contributed by atoms with Gasteiger partial charge < -0.3 is 0 Å². The smallest absolute Gasteiger partial charge is 0.190 e. The van der Waals surface area contributed by atoms with Crippen LogP contribution >= 0.6 is 34.8 Å². The van der Waals surface area contributed by atoms with Crippen molar-refractivity contribution in [2.24, 2.45) is 0 Å². The number of rotatable bonds is 3. The first-order chi connectivity index (χ1) is 8.19. The lowest BCUT2D eigenvalue weighted by atomic mass is 10.0. The molecule has 0 aliphatic heterocycles. The molecule has 1 rings (SSSR count). The van der Waals surface area contributed by atoms with Crippen LogP contribution in [0.3, 0.4) is 0 Å². The molecule has 0 aliphatic carbocycles. The van der Waals surface area contributed by atoms with Crippen molar-refractivity contribution in [2.75, 3.05) is 0 Å². The molecule has 0 unspecified atom stereocenters. The first-order valence-electron chi connectivity index (χ1n) is 4.73. The molecule has 0 atom stereocenters. The standard InChI is InChI=1S/C11H7Cl3F4/c1-2-5-7(15)9(17)6(10(18)8(5)16)3-4-11(12,13)14/h2H,1,3-4H2. The lowest BCUT2D eigenvalue weighted by Gasteiger charge is -2.13. The van der Waals surface area contributed by atoms with Crippen LogP contribution in [0, 0.1) is 23.3 Å². The molecular formula is C11H7Cl3F4. The van der Waals surface area contributed by atoms with Crippen LogP contribution < -0.4 is 0 Å². The van der Waals surface area contributed by atoms with Crippen LogP contribution in [0.25, 0.3) is 6.08 Å². The molecule has 0 amide bonds. The van der Waals surface area contributed by atoms with E-state index < -0.39 is 44.6 Å². The van der Waals surface area contributed by atoms with E-state index >= 15 is 0 Å². The molecule has 0 spiro atoms. The Kier molecular flexibility index (Phi) is 4.92. The summed E-state index contributed by atoms with van der Waals surface area (Å²) in [6, 6.07) is 0. The monoisotopic (exact) mass is 320 g/mol. The Labute approximate surface area is 116 Å². The fourth-order valence-electron chi connectivity index (χ4n) is 1.36. The Hall–Kier alpha value is -0.450. The van der Waals surface area contributed by atoms with E-state index in [2.05, 4.69) is 6.58 Å². The Morgan fingerprint density at radius 1 is 0.944 bits per heavy atom. The fraction of sp³-hybridized carbons (Fsp3) is 0.273. The minimum Gasteiger partial charge on any atom is -0.203 e. The minimum atomic E-state index is -1.76. The third kappa shape index (κ3) is 3.31. The van der Waals surface area contributed by atoms with Crippen LogP contribution in [-0.4, -0.2) is 3.79 Å². The van der Waals surface area contributed by atoms with Gasteiger partial charge in [-0.3, -0.25) is 0 Å². The molecule has 7 heteroatoms. The molecule has 0 bridgehead atoms. The molecule has 1 aromatic carbocycles. The molecule has 18 heavy (non-hydrogen) atoms. The van der Waals surface area contributed by atoms with E-state index in [0.29, 0.717) is 6.08 Å². The summed E-state index contributed by atoms with van der Waals surface area (Å²) in [7, 11) is 0. The van der Waals surface area contributed by atoms with E-state index in [0.717, 1.165) is 0 Å². The van der Waals surface area contributed by atoms with E-state index in [-0.39, 0.29) is 6.42 Å². The van der Waals surface area contributed by atoms with Crippen molar-refractivity contribution in [3.05, 3.63) is 41.0 Å². The zero-order valence-corrected chi connectivity index (χ0v) is 11.1. The molecule has 100 valence electrons. The summed E-state index contributed by atoms with van der Waals surface area (Å²) in [5.41, 5.74) is -1.65. The summed E-state index contributed by atoms with van der Waals surface area (Å²) >= 11 is 16.2. The molecule has 0 saturated heterocycles. The average molecular weight is 322 g/mol. The summed E-state index contributed by atoms with van der Waals surface area (Å²) in [4.78, 5) is 0. The zero-order chi connectivity index (χ0) is 14.1. The highest BCUT2D eigenvalue weighted by Gasteiger charge is 2.26. The van der Waals surface area contributed by atoms with Crippen LogP contribution in [0.15, 0.2) is 6.58 Å². The van der Waals surface area contributed by atoms with Crippen molar-refractivity contribution >= 4 is 40.9 Å². The second-order valence-electron chi connectivity index (χ2n) is 3.47. The normalized spacial score (nSPS) is 11.7. The van der Waals surface area contributed by atoms with Gasteiger partial charge in [-0.2, -0.15) is 0 Å². The second kappa shape index (κ2) is 5.68. The molecule has 0 nitrogen and oxygen atoms in total. The number of halogens is 7. The van der Waals surface area contributed by atoms with Gasteiger partial charge in [0.2, 0.25) is 0 Å². The molecule has 1 aromatic rings. The largest absolute Gasteiger partial charge is 0.203 e. The summed E-state index contributed by atoms with van der Waals surface area (Å²) in [6.07, 6.45) is -0.0349. The van der Waals surface area contributed by atoms with Gasteiger partial charge in [-0.1, -0.05) is 47.5 Å². The average Bonchev–Trinajstić information content (AvgIpc) is 2.26. The van der Waals surface area contributed by atoms with E-state index in [1.54, 1.807) is 0 Å². The maximum absolute atomic E-state index is 13.5. The van der Waals surface area contributed by atoms with Crippen molar-refractivity contribution in [1.29, 1.82) is 0 Å². The highest BCUT2D eigenvalue weighted by molar-refractivity contribution is 6.67. The molecular weight excluding hydrogens is 314 g/mol. The highest BCUT2D eigenvalue weighted by atomic mass is 35.6. The topological polar surface area (TPSA) is 0 Å². The van der Waals surface area contributed by atoms with Gasteiger partial charge in [0.05, 0.1) is 5.56 Å². The Morgan fingerprint density at radius 3 is 1.72 bits per heavy atom. The Balaban J connectivity index is 3.25. The van der Waals surface area contributed by atoms with Crippen LogP contribution in [0.4, 0.5) is 17.6 Å². The minimum absolute atomic E-state index is 0.280. The van der Waals surface area contributed by atoms with Gasteiger partial charge >= 0.3 is 0 Å². The van der Waals surface area contributed by atoms with E-state index in [1.165, 1.54) is 0 Å². The van der Waals surface area contributed by atoms with Gasteiger partial charge in [0, 0.05) is 5.56 Å². The van der Waals surface area contributed by atoms with E-state index in [9.17, 15) is 17.6 Å². The van der Waals surface area contributed by atoms with Crippen LogP contribution in [-0.2, 0) is 6.42 Å². The quantitative estimate of drug-likeness (QED) is 0.408. The van der Waals surface area contributed by atoms with Crippen LogP contribution in [0.5, 0.6) is 0 Å². The van der Waals surface area contributed by atoms with Gasteiger partial charge in [0.1, 0.15) is 0 Å². The number of alkyl halides is 3. The lowest BCUT2D eigenvalue weighted by Crippen LogP contribution is -2.10.